The summed E-state index contributed by atoms with van der Waals surface area (Å²) in [6.45, 7) is 3.90. The molecular formula is C12H18N2O5. The van der Waals surface area contributed by atoms with Gasteiger partial charge in [-0.05, 0) is 19.3 Å². The van der Waals surface area contributed by atoms with Gasteiger partial charge in [-0.15, -0.1) is 6.58 Å². The molecule has 1 saturated carbocycles. The maximum Gasteiger partial charge on any atom is 0.326 e. The predicted octanol–water partition coefficient (Wildman–Crippen LogP) is 0.664. The number of aliphatic carboxylic acids is 2. The van der Waals surface area contributed by atoms with Crippen molar-refractivity contribution in [3.63, 3.8) is 0 Å². The van der Waals surface area contributed by atoms with E-state index in [0.717, 1.165) is 12.8 Å². The van der Waals surface area contributed by atoms with Crippen molar-refractivity contribution in [2.75, 3.05) is 6.54 Å². The highest BCUT2D eigenvalue weighted by atomic mass is 16.4. The molecule has 106 valence electrons. The normalized spacial score (nSPS) is 15.4. The van der Waals surface area contributed by atoms with E-state index >= 15 is 0 Å². The molecule has 0 saturated heterocycles. The number of hydrogen-bond acceptors (Lipinski definition) is 3. The number of carbonyl (C=O) groups excluding carboxylic acids is 1. The van der Waals surface area contributed by atoms with E-state index in [2.05, 4.69) is 11.9 Å². The molecule has 0 heterocycles. The summed E-state index contributed by atoms with van der Waals surface area (Å²) in [6.07, 6.45) is 2.93. The summed E-state index contributed by atoms with van der Waals surface area (Å²) in [5.41, 5.74) is 0. The van der Waals surface area contributed by atoms with Crippen molar-refractivity contribution in [2.45, 2.75) is 37.8 Å². The van der Waals surface area contributed by atoms with Crippen LogP contribution >= 0.6 is 0 Å². The van der Waals surface area contributed by atoms with Gasteiger partial charge in [0.25, 0.3) is 0 Å². The van der Waals surface area contributed by atoms with Gasteiger partial charge >= 0.3 is 18.0 Å². The van der Waals surface area contributed by atoms with E-state index in [-0.39, 0.29) is 18.9 Å². The first kappa shape index (κ1) is 15.0. The molecule has 0 bridgehead atoms. The van der Waals surface area contributed by atoms with Crippen molar-refractivity contribution in [3.05, 3.63) is 12.7 Å². The van der Waals surface area contributed by atoms with E-state index < -0.39 is 24.0 Å². The summed E-state index contributed by atoms with van der Waals surface area (Å²) in [7, 11) is 0. The lowest BCUT2D eigenvalue weighted by Crippen LogP contribution is -2.49. The molecule has 7 heteroatoms. The fourth-order valence-electron chi connectivity index (χ4n) is 1.68. The smallest absolute Gasteiger partial charge is 0.326 e. The third kappa shape index (κ3) is 4.99. The number of carbonyl (C=O) groups is 3. The standard InChI is InChI=1S/C12H18N2O5/c1-2-7-14(8-3-4-8)12(19)13-9(11(17)18)5-6-10(15)16/h2,8-9H,1,3-7H2,(H,13,19)(H,15,16)(H,17,18)/t9-/m0/s1. The number of nitrogens with zero attached hydrogens (tertiary/aromatic N) is 1. The van der Waals surface area contributed by atoms with Gasteiger partial charge in [-0.25, -0.2) is 9.59 Å². The molecular weight excluding hydrogens is 252 g/mol. The Morgan fingerprint density at radius 1 is 1.37 bits per heavy atom. The molecule has 0 unspecified atom stereocenters. The number of amides is 2. The highest BCUT2D eigenvalue weighted by Gasteiger charge is 2.33. The van der Waals surface area contributed by atoms with Crippen LogP contribution in [0.4, 0.5) is 4.79 Å². The van der Waals surface area contributed by atoms with E-state index in [9.17, 15) is 14.4 Å². The first-order valence-electron chi connectivity index (χ1n) is 6.08. The largest absolute Gasteiger partial charge is 0.481 e. The van der Waals surface area contributed by atoms with Crippen molar-refractivity contribution in [3.8, 4) is 0 Å². The lowest BCUT2D eigenvalue weighted by molar-refractivity contribution is -0.140. The van der Waals surface area contributed by atoms with Crippen LogP contribution in [0.5, 0.6) is 0 Å². The zero-order valence-corrected chi connectivity index (χ0v) is 10.5. The number of nitrogens with one attached hydrogen (secondary N) is 1. The second-order valence-electron chi connectivity index (χ2n) is 4.44. The summed E-state index contributed by atoms with van der Waals surface area (Å²) in [5.74, 6) is -2.32. The number of rotatable bonds is 8. The van der Waals surface area contributed by atoms with Crippen LogP contribution in [-0.2, 0) is 9.59 Å². The molecule has 0 aliphatic heterocycles. The van der Waals surface area contributed by atoms with Gasteiger partial charge in [0.05, 0.1) is 0 Å². The second-order valence-corrected chi connectivity index (χ2v) is 4.44. The zero-order chi connectivity index (χ0) is 14.4. The van der Waals surface area contributed by atoms with Crippen LogP contribution in [0.3, 0.4) is 0 Å². The van der Waals surface area contributed by atoms with Gasteiger partial charge in [0.1, 0.15) is 6.04 Å². The predicted molar refractivity (Wildman–Crippen MR) is 66.8 cm³/mol. The molecule has 1 fully saturated rings. The minimum Gasteiger partial charge on any atom is -0.481 e. The quantitative estimate of drug-likeness (QED) is 0.562. The Balaban J connectivity index is 2.55. The van der Waals surface area contributed by atoms with Crippen LogP contribution in [0, 0.1) is 0 Å². The Morgan fingerprint density at radius 3 is 2.42 bits per heavy atom. The minimum atomic E-state index is -1.23. The maximum absolute atomic E-state index is 11.9. The van der Waals surface area contributed by atoms with Crippen molar-refractivity contribution in [1.29, 1.82) is 0 Å². The molecule has 2 amide bonds. The van der Waals surface area contributed by atoms with Gasteiger partial charge in [-0.3, -0.25) is 4.79 Å². The molecule has 0 aromatic heterocycles. The SMILES string of the molecule is C=CCN(C(=O)N[C@@H](CCC(=O)O)C(=O)O)C1CC1. The van der Waals surface area contributed by atoms with Gasteiger partial charge < -0.3 is 20.4 Å². The van der Waals surface area contributed by atoms with Gasteiger partial charge in [0.15, 0.2) is 0 Å². The van der Waals surface area contributed by atoms with Crippen molar-refractivity contribution in [2.24, 2.45) is 0 Å². The van der Waals surface area contributed by atoms with Crippen LogP contribution < -0.4 is 5.32 Å². The van der Waals surface area contributed by atoms with Crippen molar-refractivity contribution >= 4 is 18.0 Å². The average Bonchev–Trinajstić information content (AvgIpc) is 3.14. The van der Waals surface area contributed by atoms with Gasteiger partial charge in [-0.1, -0.05) is 6.08 Å². The fraction of sp³-hybridized carbons (Fsp3) is 0.583. The molecule has 1 atom stereocenters. The van der Waals surface area contributed by atoms with Crippen LogP contribution in [-0.4, -0.2) is 51.7 Å². The molecule has 1 aliphatic rings. The Bertz CT molecular complexity index is 378. The summed E-state index contributed by atoms with van der Waals surface area (Å²) < 4.78 is 0. The van der Waals surface area contributed by atoms with Crippen LogP contribution in [0.15, 0.2) is 12.7 Å². The molecule has 0 radical (unpaired) electrons. The van der Waals surface area contributed by atoms with E-state index in [1.165, 1.54) is 4.90 Å². The lowest BCUT2D eigenvalue weighted by atomic mass is 10.1. The number of carboxylic acids is 2. The highest BCUT2D eigenvalue weighted by molar-refractivity contribution is 5.83. The lowest BCUT2D eigenvalue weighted by Gasteiger charge is -2.23. The van der Waals surface area contributed by atoms with Crippen LogP contribution in [0.25, 0.3) is 0 Å². The molecule has 0 aromatic rings. The Labute approximate surface area is 110 Å². The molecule has 3 N–H and O–H groups in total. The van der Waals surface area contributed by atoms with Crippen LogP contribution in [0.1, 0.15) is 25.7 Å². The molecule has 7 nitrogen and oxygen atoms in total. The van der Waals surface area contributed by atoms with E-state index in [1.807, 2.05) is 0 Å². The number of urea groups is 1. The van der Waals surface area contributed by atoms with Gasteiger partial charge in [0, 0.05) is 19.0 Å². The number of hydrogen-bond donors (Lipinski definition) is 3. The summed E-state index contributed by atoms with van der Waals surface area (Å²) in [5, 5.41) is 19.8. The molecule has 1 rings (SSSR count). The topological polar surface area (TPSA) is 107 Å². The molecule has 1 aliphatic carbocycles. The minimum absolute atomic E-state index is 0.131. The van der Waals surface area contributed by atoms with E-state index in [1.54, 1.807) is 6.08 Å². The Hall–Kier alpha value is -2.05. The van der Waals surface area contributed by atoms with E-state index in [0.29, 0.717) is 6.54 Å². The zero-order valence-electron chi connectivity index (χ0n) is 10.5. The Kier molecular flexibility index (Phi) is 5.35. The average molecular weight is 270 g/mol. The number of carboxylic acid groups (broad SMARTS) is 2. The highest BCUT2D eigenvalue weighted by Crippen LogP contribution is 2.26. The van der Waals surface area contributed by atoms with Crippen molar-refractivity contribution < 1.29 is 24.6 Å². The van der Waals surface area contributed by atoms with Crippen LogP contribution in [0.2, 0.25) is 0 Å². The Morgan fingerprint density at radius 2 is 2.00 bits per heavy atom. The van der Waals surface area contributed by atoms with Gasteiger partial charge in [0.2, 0.25) is 0 Å². The van der Waals surface area contributed by atoms with Gasteiger partial charge in [-0.2, -0.15) is 0 Å². The second kappa shape index (κ2) is 6.77. The molecule has 19 heavy (non-hydrogen) atoms. The summed E-state index contributed by atoms with van der Waals surface area (Å²) in [6, 6.07) is -1.54. The summed E-state index contributed by atoms with van der Waals surface area (Å²) in [4.78, 5) is 34.9. The maximum atomic E-state index is 11.9. The third-order valence-electron chi connectivity index (χ3n) is 2.82. The summed E-state index contributed by atoms with van der Waals surface area (Å²) >= 11 is 0. The van der Waals surface area contributed by atoms with E-state index in [4.69, 9.17) is 10.2 Å². The molecule has 0 spiro atoms. The van der Waals surface area contributed by atoms with Crippen molar-refractivity contribution in [1.82, 2.24) is 10.2 Å². The third-order valence-corrected chi connectivity index (χ3v) is 2.82. The fourth-order valence-corrected chi connectivity index (χ4v) is 1.68. The first-order chi connectivity index (χ1) is 8.95. The monoisotopic (exact) mass is 270 g/mol. The first-order valence-corrected chi connectivity index (χ1v) is 6.08. The molecule has 0 aromatic carbocycles.